The van der Waals surface area contributed by atoms with Crippen LogP contribution in [0.25, 0.3) is 0 Å². The fourth-order valence-corrected chi connectivity index (χ4v) is 1.45. The second-order valence-corrected chi connectivity index (χ2v) is 3.23. The summed E-state index contributed by atoms with van der Waals surface area (Å²) in [5, 5.41) is 4.46. The maximum Gasteiger partial charge on any atom is 0.0624 e. The van der Waals surface area contributed by atoms with Crippen LogP contribution < -0.4 is 0 Å². The molecule has 1 aromatic rings. The highest BCUT2D eigenvalue weighted by Gasteiger charge is 2.03. The van der Waals surface area contributed by atoms with Gasteiger partial charge in [0.25, 0.3) is 0 Å². The molecule has 0 aromatic carbocycles. The van der Waals surface area contributed by atoms with Crippen molar-refractivity contribution in [3.63, 3.8) is 0 Å². The third kappa shape index (κ3) is 2.03. The van der Waals surface area contributed by atoms with Gasteiger partial charge in [0, 0.05) is 11.4 Å². The van der Waals surface area contributed by atoms with E-state index in [1.807, 2.05) is 0 Å². The minimum absolute atomic E-state index is 0.859. The Bertz CT molecular complexity index is 243. The lowest BCUT2D eigenvalue weighted by atomic mass is 10.3. The normalized spacial score (nSPS) is 10.6. The van der Waals surface area contributed by atoms with Crippen molar-refractivity contribution in [2.75, 3.05) is 5.75 Å². The van der Waals surface area contributed by atoms with Crippen LogP contribution in [-0.2, 0) is 19.4 Å². The van der Waals surface area contributed by atoms with Crippen LogP contribution in [-0.4, -0.2) is 15.5 Å². The van der Waals surface area contributed by atoms with Gasteiger partial charge in [-0.25, -0.2) is 0 Å². The van der Waals surface area contributed by atoms with E-state index in [4.69, 9.17) is 0 Å². The molecule has 0 saturated heterocycles. The second kappa shape index (κ2) is 4.55. The van der Waals surface area contributed by atoms with Crippen LogP contribution in [0.15, 0.2) is 6.07 Å². The summed E-state index contributed by atoms with van der Waals surface area (Å²) in [7, 11) is 0. The van der Waals surface area contributed by atoms with Gasteiger partial charge in [0.1, 0.15) is 0 Å². The molecule has 0 unspecified atom stereocenters. The zero-order valence-corrected chi connectivity index (χ0v) is 8.64. The highest BCUT2D eigenvalue weighted by Crippen LogP contribution is 2.06. The summed E-state index contributed by atoms with van der Waals surface area (Å²) < 4.78 is 2.06. The van der Waals surface area contributed by atoms with Gasteiger partial charge in [0.2, 0.25) is 0 Å². The van der Waals surface area contributed by atoms with Gasteiger partial charge in [0.15, 0.2) is 0 Å². The molecule has 0 saturated carbocycles. The Morgan fingerprint density at radius 3 is 2.67 bits per heavy atom. The summed E-state index contributed by atoms with van der Waals surface area (Å²) in [4.78, 5) is 0. The Balaban J connectivity index is 2.84. The number of hydrogen-bond donors (Lipinski definition) is 1. The molecule has 0 aliphatic heterocycles. The molecule has 0 aliphatic rings. The first kappa shape index (κ1) is 9.65. The lowest BCUT2D eigenvalue weighted by Gasteiger charge is -2.01. The summed E-state index contributed by atoms with van der Waals surface area (Å²) in [6.07, 6.45) is 2.08. The zero-order chi connectivity index (χ0) is 8.97. The molecule has 2 nitrogen and oxygen atoms in total. The standard InChI is InChI=1S/C9H16N2S/c1-3-8-7-9(4-2)11(10-8)5-6-12/h7,12H,3-6H2,1-2H3. The highest BCUT2D eigenvalue weighted by atomic mass is 32.1. The van der Waals surface area contributed by atoms with Gasteiger partial charge in [-0.2, -0.15) is 17.7 Å². The molecule has 1 rings (SSSR count). The number of hydrogen-bond acceptors (Lipinski definition) is 2. The Labute approximate surface area is 79.4 Å². The molecule has 1 aromatic heterocycles. The summed E-state index contributed by atoms with van der Waals surface area (Å²) in [5.41, 5.74) is 2.51. The van der Waals surface area contributed by atoms with Crippen molar-refractivity contribution in [2.24, 2.45) is 0 Å². The highest BCUT2D eigenvalue weighted by molar-refractivity contribution is 7.80. The number of rotatable bonds is 4. The van der Waals surface area contributed by atoms with E-state index in [0.717, 1.165) is 25.1 Å². The van der Waals surface area contributed by atoms with Gasteiger partial charge < -0.3 is 0 Å². The molecule has 3 heteroatoms. The molecular formula is C9H16N2S. The second-order valence-electron chi connectivity index (χ2n) is 2.78. The van der Waals surface area contributed by atoms with E-state index in [1.54, 1.807) is 0 Å². The van der Waals surface area contributed by atoms with E-state index >= 15 is 0 Å². The average Bonchev–Trinajstić information content (AvgIpc) is 2.48. The van der Waals surface area contributed by atoms with Crippen LogP contribution >= 0.6 is 12.6 Å². The van der Waals surface area contributed by atoms with Crippen molar-refractivity contribution in [1.29, 1.82) is 0 Å². The quantitative estimate of drug-likeness (QED) is 0.708. The third-order valence-electron chi connectivity index (χ3n) is 1.95. The molecular weight excluding hydrogens is 168 g/mol. The van der Waals surface area contributed by atoms with E-state index < -0.39 is 0 Å². The topological polar surface area (TPSA) is 17.8 Å². The molecule has 0 spiro atoms. The van der Waals surface area contributed by atoms with Gasteiger partial charge in [0.05, 0.1) is 12.2 Å². The molecule has 0 atom stereocenters. The van der Waals surface area contributed by atoms with E-state index in [2.05, 4.69) is 42.3 Å². The first-order valence-electron chi connectivity index (χ1n) is 4.48. The van der Waals surface area contributed by atoms with Gasteiger partial charge in [-0.3, -0.25) is 4.68 Å². The number of thiol groups is 1. The summed E-state index contributed by atoms with van der Waals surface area (Å²) in [5.74, 6) is 0.859. The van der Waals surface area contributed by atoms with Crippen LogP contribution in [0.2, 0.25) is 0 Å². The summed E-state index contributed by atoms with van der Waals surface area (Å²) >= 11 is 4.20. The minimum Gasteiger partial charge on any atom is -0.269 e. The van der Waals surface area contributed by atoms with Crippen molar-refractivity contribution in [3.05, 3.63) is 17.5 Å². The number of aromatic nitrogens is 2. The lowest BCUT2D eigenvalue weighted by Crippen LogP contribution is -2.05. The molecule has 12 heavy (non-hydrogen) atoms. The molecule has 0 bridgehead atoms. The van der Waals surface area contributed by atoms with E-state index in [9.17, 15) is 0 Å². The average molecular weight is 184 g/mol. The van der Waals surface area contributed by atoms with Crippen molar-refractivity contribution in [2.45, 2.75) is 33.2 Å². The van der Waals surface area contributed by atoms with E-state index in [1.165, 1.54) is 11.4 Å². The molecule has 1 heterocycles. The molecule has 0 amide bonds. The molecule has 0 N–H and O–H groups in total. The Kier molecular flexibility index (Phi) is 3.66. The van der Waals surface area contributed by atoms with Gasteiger partial charge in [-0.1, -0.05) is 13.8 Å². The van der Waals surface area contributed by atoms with Crippen molar-refractivity contribution in [1.82, 2.24) is 9.78 Å². The SMILES string of the molecule is CCc1cc(CC)n(CCS)n1. The first-order chi connectivity index (χ1) is 5.81. The molecule has 68 valence electrons. The van der Waals surface area contributed by atoms with Gasteiger partial charge in [-0.15, -0.1) is 0 Å². The van der Waals surface area contributed by atoms with Crippen molar-refractivity contribution < 1.29 is 0 Å². The minimum atomic E-state index is 0.859. The van der Waals surface area contributed by atoms with E-state index in [0.29, 0.717) is 0 Å². The number of nitrogens with zero attached hydrogens (tertiary/aromatic N) is 2. The lowest BCUT2D eigenvalue weighted by molar-refractivity contribution is 0.624. The number of aryl methyl sites for hydroxylation is 3. The molecule has 0 fully saturated rings. The predicted octanol–water partition coefficient (Wildman–Crippen LogP) is 1.94. The van der Waals surface area contributed by atoms with Crippen LogP contribution in [0.4, 0.5) is 0 Å². The Morgan fingerprint density at radius 2 is 2.17 bits per heavy atom. The summed E-state index contributed by atoms with van der Waals surface area (Å²) in [6.45, 7) is 5.21. The van der Waals surface area contributed by atoms with Gasteiger partial charge >= 0.3 is 0 Å². The van der Waals surface area contributed by atoms with Crippen LogP contribution in [0.1, 0.15) is 25.2 Å². The molecule has 0 radical (unpaired) electrons. The maximum absolute atomic E-state index is 4.46. The van der Waals surface area contributed by atoms with Crippen LogP contribution in [0, 0.1) is 0 Å². The fourth-order valence-electron chi connectivity index (χ4n) is 1.26. The van der Waals surface area contributed by atoms with Crippen LogP contribution in [0.3, 0.4) is 0 Å². The maximum atomic E-state index is 4.46. The monoisotopic (exact) mass is 184 g/mol. The first-order valence-corrected chi connectivity index (χ1v) is 5.11. The Morgan fingerprint density at radius 1 is 1.42 bits per heavy atom. The van der Waals surface area contributed by atoms with Crippen molar-refractivity contribution >= 4 is 12.6 Å². The third-order valence-corrected chi connectivity index (χ3v) is 2.15. The van der Waals surface area contributed by atoms with Gasteiger partial charge in [-0.05, 0) is 18.9 Å². The van der Waals surface area contributed by atoms with Crippen molar-refractivity contribution in [3.8, 4) is 0 Å². The zero-order valence-electron chi connectivity index (χ0n) is 7.75. The fraction of sp³-hybridized carbons (Fsp3) is 0.667. The van der Waals surface area contributed by atoms with E-state index in [-0.39, 0.29) is 0 Å². The predicted molar refractivity (Wildman–Crippen MR) is 54.8 cm³/mol. The summed E-state index contributed by atoms with van der Waals surface area (Å²) in [6, 6.07) is 2.18. The largest absolute Gasteiger partial charge is 0.269 e. The smallest absolute Gasteiger partial charge is 0.0624 e. The Hall–Kier alpha value is -0.440. The molecule has 0 aliphatic carbocycles. The van der Waals surface area contributed by atoms with Crippen LogP contribution in [0.5, 0.6) is 0 Å².